The lowest BCUT2D eigenvalue weighted by Crippen LogP contribution is -2.32. The summed E-state index contributed by atoms with van der Waals surface area (Å²) >= 11 is 0. The summed E-state index contributed by atoms with van der Waals surface area (Å²) in [6, 6.07) is 8.02. The zero-order valence-electron chi connectivity index (χ0n) is 13.2. The first-order valence-corrected chi connectivity index (χ1v) is 10.4. The van der Waals surface area contributed by atoms with Crippen molar-refractivity contribution >= 4 is 21.0 Å². The second kappa shape index (κ2) is 9.92. The Hall–Kier alpha value is -0.980. The molecule has 0 fully saturated rings. The van der Waals surface area contributed by atoms with Gasteiger partial charge in [-0.2, -0.15) is 0 Å². The zero-order chi connectivity index (χ0) is 16.4. The van der Waals surface area contributed by atoms with Crippen molar-refractivity contribution in [1.29, 1.82) is 0 Å². The Morgan fingerprint density at radius 2 is 1.86 bits per heavy atom. The molecule has 0 aliphatic rings. The third-order valence-electron chi connectivity index (χ3n) is 3.17. The van der Waals surface area contributed by atoms with Gasteiger partial charge < -0.3 is 0 Å². The van der Waals surface area contributed by atoms with Gasteiger partial charge in [-0.3, -0.25) is 0 Å². The van der Waals surface area contributed by atoms with E-state index in [9.17, 15) is 12.6 Å². The molecular formula is C16H25NO3S2. The fourth-order valence-electron chi connectivity index (χ4n) is 1.91. The van der Waals surface area contributed by atoms with Gasteiger partial charge in [0.1, 0.15) is 11.0 Å². The van der Waals surface area contributed by atoms with Gasteiger partial charge in [-0.05, 0) is 25.0 Å². The van der Waals surface area contributed by atoms with Gasteiger partial charge in [0.05, 0.1) is 10.1 Å². The lowest BCUT2D eigenvalue weighted by Gasteiger charge is -2.13. The molecule has 1 unspecified atom stereocenters. The fourth-order valence-corrected chi connectivity index (χ4v) is 4.81. The molecule has 0 amide bonds. The van der Waals surface area contributed by atoms with Gasteiger partial charge >= 0.3 is 0 Å². The Balaban J connectivity index is 2.81. The van der Waals surface area contributed by atoms with Crippen LogP contribution in [0.1, 0.15) is 46.0 Å². The molecule has 0 saturated carbocycles. The summed E-state index contributed by atoms with van der Waals surface area (Å²) in [7, 11) is -5.40. The van der Waals surface area contributed by atoms with Crippen molar-refractivity contribution in [2.45, 2.75) is 56.1 Å². The van der Waals surface area contributed by atoms with Crippen LogP contribution in [-0.4, -0.2) is 17.9 Å². The van der Waals surface area contributed by atoms with E-state index in [2.05, 4.69) is 18.0 Å². The maximum Gasteiger partial charge on any atom is 0.251 e. The van der Waals surface area contributed by atoms with Gasteiger partial charge in [0, 0.05) is 0 Å². The van der Waals surface area contributed by atoms with Crippen LogP contribution in [-0.2, 0) is 21.0 Å². The van der Waals surface area contributed by atoms with Crippen molar-refractivity contribution < 1.29 is 12.6 Å². The number of rotatable bonds is 10. The number of unbranched alkanes of at least 4 members (excludes halogenated alkanes) is 2. The van der Waals surface area contributed by atoms with Gasteiger partial charge in [-0.15, -0.1) is 4.13 Å². The standard InChI is InChI=1S/C16H25NO3S2/c1-3-5-8-12-15(11-6-4-2)21(18)17-22(19,20)16-13-9-7-10-14-16/h7-10,12-15,17H,3-6,11H2,1-2H3/b12-8-/t15-,21?/m1/s1. The number of hydrogen-bond donors (Lipinski definition) is 1. The van der Waals surface area contributed by atoms with Crippen molar-refractivity contribution in [2.75, 3.05) is 0 Å². The summed E-state index contributed by atoms with van der Waals surface area (Å²) in [5.74, 6) is 0. The van der Waals surface area contributed by atoms with E-state index >= 15 is 0 Å². The largest absolute Gasteiger partial charge is 0.251 e. The van der Waals surface area contributed by atoms with Crippen molar-refractivity contribution in [2.24, 2.45) is 0 Å². The second-order valence-electron chi connectivity index (χ2n) is 5.09. The average molecular weight is 344 g/mol. The van der Waals surface area contributed by atoms with Gasteiger partial charge in [-0.25, -0.2) is 12.6 Å². The lowest BCUT2D eigenvalue weighted by atomic mass is 10.2. The second-order valence-corrected chi connectivity index (χ2v) is 8.44. The molecule has 0 saturated heterocycles. The summed E-state index contributed by atoms with van der Waals surface area (Å²) < 4.78 is 39.1. The highest BCUT2D eigenvalue weighted by Gasteiger charge is 2.21. The van der Waals surface area contributed by atoms with Gasteiger partial charge in [0.25, 0.3) is 10.0 Å². The topological polar surface area (TPSA) is 63.2 Å². The van der Waals surface area contributed by atoms with Crippen LogP contribution in [0, 0.1) is 0 Å². The van der Waals surface area contributed by atoms with Crippen LogP contribution in [0.4, 0.5) is 0 Å². The van der Waals surface area contributed by atoms with Crippen LogP contribution in [0.5, 0.6) is 0 Å². The van der Waals surface area contributed by atoms with Crippen molar-refractivity contribution in [3.63, 3.8) is 0 Å². The van der Waals surface area contributed by atoms with Crippen LogP contribution < -0.4 is 4.13 Å². The van der Waals surface area contributed by atoms with Crippen LogP contribution in [0.25, 0.3) is 0 Å². The predicted molar refractivity (Wildman–Crippen MR) is 92.3 cm³/mol. The molecule has 1 aromatic carbocycles. The lowest BCUT2D eigenvalue weighted by molar-refractivity contribution is 0.591. The molecule has 124 valence electrons. The molecule has 1 aromatic rings. The Morgan fingerprint density at radius 1 is 1.18 bits per heavy atom. The normalized spacial score (nSPS) is 15.0. The number of sulfonamides is 1. The van der Waals surface area contributed by atoms with Gasteiger partial charge in [0.15, 0.2) is 0 Å². The number of benzene rings is 1. The summed E-state index contributed by atoms with van der Waals surface area (Å²) in [4.78, 5) is 0.134. The quantitative estimate of drug-likeness (QED) is 0.661. The first kappa shape index (κ1) is 19.1. The van der Waals surface area contributed by atoms with Crippen LogP contribution >= 0.6 is 0 Å². The molecule has 6 heteroatoms. The van der Waals surface area contributed by atoms with Crippen LogP contribution in [0.2, 0.25) is 0 Å². The van der Waals surface area contributed by atoms with E-state index in [1.54, 1.807) is 18.2 Å². The van der Waals surface area contributed by atoms with E-state index in [4.69, 9.17) is 0 Å². The molecule has 0 spiro atoms. The average Bonchev–Trinajstić information content (AvgIpc) is 2.51. The smallest absolute Gasteiger partial charge is 0.241 e. The summed E-state index contributed by atoms with van der Waals surface area (Å²) in [5.41, 5.74) is 0. The molecule has 0 aliphatic heterocycles. The zero-order valence-corrected chi connectivity index (χ0v) is 14.8. The Morgan fingerprint density at radius 3 is 2.45 bits per heavy atom. The van der Waals surface area contributed by atoms with Crippen LogP contribution in [0.3, 0.4) is 0 Å². The van der Waals surface area contributed by atoms with E-state index in [0.717, 1.165) is 25.7 Å². The predicted octanol–water partition coefficient (Wildman–Crippen LogP) is 3.54. The number of hydrogen-bond acceptors (Lipinski definition) is 3. The summed E-state index contributed by atoms with van der Waals surface area (Å²) in [6.45, 7) is 4.13. The van der Waals surface area contributed by atoms with Crippen molar-refractivity contribution in [3.8, 4) is 0 Å². The Kier molecular flexibility index (Phi) is 8.60. The molecule has 0 bridgehead atoms. The van der Waals surface area contributed by atoms with E-state index in [1.807, 2.05) is 12.2 Å². The number of nitrogens with one attached hydrogen (secondary N) is 1. The molecule has 2 atom stereocenters. The maximum absolute atomic E-state index is 12.4. The maximum atomic E-state index is 12.4. The molecule has 0 heterocycles. The molecule has 0 aromatic heterocycles. The third kappa shape index (κ3) is 6.42. The van der Waals surface area contributed by atoms with E-state index in [0.29, 0.717) is 6.42 Å². The molecule has 0 aliphatic carbocycles. The molecule has 22 heavy (non-hydrogen) atoms. The van der Waals surface area contributed by atoms with E-state index in [1.165, 1.54) is 12.1 Å². The Labute approximate surface area is 136 Å². The van der Waals surface area contributed by atoms with Crippen molar-refractivity contribution in [1.82, 2.24) is 4.13 Å². The molecule has 1 rings (SSSR count). The van der Waals surface area contributed by atoms with Gasteiger partial charge in [-0.1, -0.05) is 63.5 Å². The molecule has 1 N–H and O–H groups in total. The highest BCUT2D eigenvalue weighted by molar-refractivity contribution is 8.02. The molecule has 4 nitrogen and oxygen atoms in total. The minimum Gasteiger partial charge on any atom is -0.241 e. The first-order chi connectivity index (χ1) is 10.5. The van der Waals surface area contributed by atoms with Crippen molar-refractivity contribution in [3.05, 3.63) is 42.5 Å². The van der Waals surface area contributed by atoms with E-state index < -0.39 is 21.0 Å². The molecule has 0 radical (unpaired) electrons. The minimum atomic E-state index is -3.74. The van der Waals surface area contributed by atoms with Crippen LogP contribution in [0.15, 0.2) is 47.4 Å². The Bertz CT molecular complexity index is 583. The minimum absolute atomic E-state index is 0.134. The number of allylic oxidation sites excluding steroid dienone is 1. The fraction of sp³-hybridized carbons (Fsp3) is 0.500. The van der Waals surface area contributed by atoms with Gasteiger partial charge in [0.2, 0.25) is 0 Å². The summed E-state index contributed by atoms with van der Waals surface area (Å²) in [6.07, 6.45) is 8.39. The SMILES string of the molecule is CCC/C=C\[C@@H](CCCC)S(=O)NS(=O)(=O)c1ccccc1. The first-order valence-electron chi connectivity index (χ1n) is 7.66. The third-order valence-corrected chi connectivity index (χ3v) is 6.54. The highest BCUT2D eigenvalue weighted by Crippen LogP contribution is 2.13. The van der Waals surface area contributed by atoms with E-state index in [-0.39, 0.29) is 10.1 Å². The molecular weight excluding hydrogens is 318 g/mol. The highest BCUT2D eigenvalue weighted by atomic mass is 32.3. The summed E-state index contributed by atoms with van der Waals surface area (Å²) in [5, 5.41) is -0.287. The monoisotopic (exact) mass is 343 g/mol.